The van der Waals surface area contributed by atoms with E-state index >= 15 is 0 Å². The predicted octanol–water partition coefficient (Wildman–Crippen LogP) is 2.72. The van der Waals surface area contributed by atoms with Crippen LogP contribution in [0.15, 0.2) is 35.1 Å². The van der Waals surface area contributed by atoms with Gasteiger partial charge in [0.1, 0.15) is 0 Å². The predicted molar refractivity (Wildman–Crippen MR) is 89.2 cm³/mol. The third-order valence-corrected chi connectivity index (χ3v) is 4.41. The molecule has 1 heterocycles. The number of nitrogens with one attached hydrogen (secondary N) is 1. The smallest absolute Gasteiger partial charge is 0.276 e. The molecule has 1 aliphatic carbocycles. The Morgan fingerprint density at radius 2 is 2.09 bits per heavy atom. The summed E-state index contributed by atoms with van der Waals surface area (Å²) in [6.45, 7) is 3.71. The summed E-state index contributed by atoms with van der Waals surface area (Å²) in [5, 5.41) is 7.61. The third-order valence-electron chi connectivity index (χ3n) is 4.09. The molecule has 1 saturated carbocycles. The number of nitrogens with zero attached hydrogens (tertiary/aromatic N) is 2. The number of hydrogen-bond acceptors (Lipinski definition) is 3. The Kier molecular flexibility index (Phi) is 4.22. The van der Waals surface area contributed by atoms with Crippen molar-refractivity contribution in [3.05, 3.63) is 57.0 Å². The van der Waals surface area contributed by atoms with Gasteiger partial charge in [-0.05, 0) is 44.7 Å². The van der Waals surface area contributed by atoms with E-state index in [-0.39, 0.29) is 17.2 Å². The summed E-state index contributed by atoms with van der Waals surface area (Å²) in [5.41, 5.74) is 0.764. The molecule has 0 aliphatic heterocycles. The molecule has 1 fully saturated rings. The normalized spacial score (nSPS) is 15.3. The van der Waals surface area contributed by atoms with Gasteiger partial charge in [0.2, 0.25) is 5.43 Å². The van der Waals surface area contributed by atoms with E-state index in [1.165, 1.54) is 10.7 Å². The fraction of sp³-hybridized carbons (Fsp3) is 0.353. The van der Waals surface area contributed by atoms with Gasteiger partial charge >= 0.3 is 0 Å². The van der Waals surface area contributed by atoms with Crippen LogP contribution in [-0.2, 0) is 0 Å². The highest BCUT2D eigenvalue weighted by atomic mass is 35.5. The molecule has 1 aromatic heterocycles. The number of hydrogen-bond donors (Lipinski definition) is 1. The molecular formula is C17H18ClN3O2. The number of aryl methyl sites for hydroxylation is 1. The van der Waals surface area contributed by atoms with Crippen LogP contribution in [0.2, 0.25) is 5.02 Å². The van der Waals surface area contributed by atoms with Gasteiger partial charge in [0.15, 0.2) is 5.69 Å². The van der Waals surface area contributed by atoms with Crippen LogP contribution in [-0.4, -0.2) is 21.7 Å². The summed E-state index contributed by atoms with van der Waals surface area (Å²) in [5.74, 6) is 0.0744. The van der Waals surface area contributed by atoms with Crippen molar-refractivity contribution in [2.24, 2.45) is 5.92 Å². The van der Waals surface area contributed by atoms with E-state index in [2.05, 4.69) is 10.4 Å². The molecule has 0 spiro atoms. The van der Waals surface area contributed by atoms with Crippen molar-refractivity contribution in [1.82, 2.24) is 15.1 Å². The van der Waals surface area contributed by atoms with E-state index in [0.29, 0.717) is 22.3 Å². The molecule has 1 aliphatic rings. The molecule has 5 nitrogen and oxygen atoms in total. The van der Waals surface area contributed by atoms with E-state index < -0.39 is 5.91 Å². The zero-order chi connectivity index (χ0) is 16.6. The Bertz CT molecular complexity index is 812. The van der Waals surface area contributed by atoms with Crippen LogP contribution in [0, 0.1) is 12.8 Å². The summed E-state index contributed by atoms with van der Waals surface area (Å²) >= 11 is 6.20. The Morgan fingerprint density at radius 3 is 2.74 bits per heavy atom. The van der Waals surface area contributed by atoms with Crippen LogP contribution >= 0.6 is 11.6 Å². The highest BCUT2D eigenvalue weighted by Crippen LogP contribution is 2.32. The number of aromatic nitrogens is 2. The molecule has 1 N–H and O–H groups in total. The van der Waals surface area contributed by atoms with Gasteiger partial charge in [-0.3, -0.25) is 9.59 Å². The third kappa shape index (κ3) is 3.29. The van der Waals surface area contributed by atoms with E-state index in [1.807, 2.05) is 19.1 Å². The van der Waals surface area contributed by atoms with Crippen molar-refractivity contribution in [3.8, 4) is 5.69 Å². The lowest BCUT2D eigenvalue weighted by atomic mass is 10.2. The number of carbonyl (C=O) groups excluding carboxylic acids is 1. The Labute approximate surface area is 139 Å². The van der Waals surface area contributed by atoms with Crippen molar-refractivity contribution >= 4 is 17.5 Å². The zero-order valence-corrected chi connectivity index (χ0v) is 13.8. The monoisotopic (exact) mass is 331 g/mol. The maximum atomic E-state index is 12.4. The van der Waals surface area contributed by atoms with Crippen LogP contribution in [0.4, 0.5) is 0 Å². The highest BCUT2D eigenvalue weighted by Gasteiger charge is 2.30. The van der Waals surface area contributed by atoms with E-state index in [4.69, 9.17) is 11.6 Å². The lowest BCUT2D eigenvalue weighted by Crippen LogP contribution is -2.38. The van der Waals surface area contributed by atoms with Crippen molar-refractivity contribution in [1.29, 1.82) is 0 Å². The molecule has 0 unspecified atom stereocenters. The van der Waals surface area contributed by atoms with Crippen LogP contribution in [0.1, 0.15) is 35.9 Å². The molecule has 1 aromatic carbocycles. The van der Waals surface area contributed by atoms with Gasteiger partial charge in [0.25, 0.3) is 5.91 Å². The Balaban J connectivity index is 1.98. The fourth-order valence-electron chi connectivity index (χ4n) is 2.56. The minimum absolute atomic E-state index is 0.0544. The molecular weight excluding hydrogens is 314 g/mol. The molecule has 0 bridgehead atoms. The second-order valence-electron chi connectivity index (χ2n) is 5.96. The number of halogens is 1. The summed E-state index contributed by atoms with van der Waals surface area (Å²) in [6.07, 6.45) is 2.24. The van der Waals surface area contributed by atoms with Gasteiger partial charge in [-0.2, -0.15) is 5.10 Å². The van der Waals surface area contributed by atoms with Gasteiger partial charge in [0, 0.05) is 17.8 Å². The first kappa shape index (κ1) is 15.7. The van der Waals surface area contributed by atoms with Crippen molar-refractivity contribution in [3.63, 3.8) is 0 Å². The second-order valence-corrected chi connectivity index (χ2v) is 6.37. The molecule has 1 atom stereocenters. The lowest BCUT2D eigenvalue weighted by Gasteiger charge is -2.15. The maximum Gasteiger partial charge on any atom is 0.276 e. The highest BCUT2D eigenvalue weighted by molar-refractivity contribution is 6.32. The van der Waals surface area contributed by atoms with E-state index in [0.717, 1.165) is 12.8 Å². The second kappa shape index (κ2) is 6.16. The van der Waals surface area contributed by atoms with Crippen molar-refractivity contribution in [2.45, 2.75) is 32.7 Å². The molecule has 3 rings (SSSR count). The summed E-state index contributed by atoms with van der Waals surface area (Å²) < 4.78 is 1.53. The lowest BCUT2D eigenvalue weighted by molar-refractivity contribution is 0.0927. The molecule has 2 aromatic rings. The quantitative estimate of drug-likeness (QED) is 0.937. The SMILES string of the molecule is Cc1cc(=O)c(C(=O)N[C@@H](C)C2CC2)nn1-c1ccccc1Cl. The largest absolute Gasteiger partial charge is 0.348 e. The summed E-state index contributed by atoms with van der Waals surface area (Å²) in [6, 6.07) is 8.64. The maximum absolute atomic E-state index is 12.4. The number of rotatable bonds is 4. The van der Waals surface area contributed by atoms with E-state index in [1.54, 1.807) is 19.1 Å². The van der Waals surface area contributed by atoms with Crippen LogP contribution in [0.5, 0.6) is 0 Å². The van der Waals surface area contributed by atoms with E-state index in [9.17, 15) is 9.59 Å². The fourth-order valence-corrected chi connectivity index (χ4v) is 2.78. The molecule has 1 amide bonds. The number of carbonyl (C=O) groups is 1. The van der Waals surface area contributed by atoms with Crippen LogP contribution in [0.25, 0.3) is 5.69 Å². The Morgan fingerprint density at radius 1 is 1.39 bits per heavy atom. The van der Waals surface area contributed by atoms with Gasteiger partial charge in [-0.25, -0.2) is 4.68 Å². The van der Waals surface area contributed by atoms with Crippen molar-refractivity contribution < 1.29 is 4.79 Å². The van der Waals surface area contributed by atoms with Crippen LogP contribution in [0.3, 0.4) is 0 Å². The van der Waals surface area contributed by atoms with Gasteiger partial charge < -0.3 is 5.32 Å². The average Bonchev–Trinajstić information content (AvgIpc) is 3.33. The topological polar surface area (TPSA) is 64.0 Å². The Hall–Kier alpha value is -2.14. The molecule has 0 saturated heterocycles. The first-order valence-corrected chi connectivity index (χ1v) is 8.02. The molecule has 6 heteroatoms. The number of para-hydroxylation sites is 1. The number of benzene rings is 1. The number of amides is 1. The molecule has 23 heavy (non-hydrogen) atoms. The first-order chi connectivity index (χ1) is 11.0. The van der Waals surface area contributed by atoms with Gasteiger partial charge in [-0.15, -0.1) is 0 Å². The molecule has 120 valence electrons. The minimum Gasteiger partial charge on any atom is -0.348 e. The zero-order valence-electron chi connectivity index (χ0n) is 13.0. The summed E-state index contributed by atoms with van der Waals surface area (Å²) in [7, 11) is 0. The van der Waals surface area contributed by atoms with Crippen LogP contribution < -0.4 is 10.7 Å². The van der Waals surface area contributed by atoms with Crippen molar-refractivity contribution in [2.75, 3.05) is 0 Å². The standard InChI is InChI=1S/C17H18ClN3O2/c1-10-9-15(22)16(17(23)19-11(2)12-7-8-12)20-21(10)14-6-4-3-5-13(14)18/h3-6,9,11-12H,7-8H2,1-2H3,(H,19,23)/t11-/m0/s1. The van der Waals surface area contributed by atoms with Gasteiger partial charge in [-0.1, -0.05) is 23.7 Å². The summed E-state index contributed by atoms with van der Waals surface area (Å²) in [4.78, 5) is 24.5. The first-order valence-electron chi connectivity index (χ1n) is 7.64. The average molecular weight is 332 g/mol. The van der Waals surface area contributed by atoms with Gasteiger partial charge in [0.05, 0.1) is 10.7 Å². The molecule has 0 radical (unpaired) electrons. The minimum atomic E-state index is -0.435.